The van der Waals surface area contributed by atoms with E-state index in [1.54, 1.807) is 16.9 Å². The molecule has 2 rings (SSSR count). The molecule has 6 nitrogen and oxygen atoms in total. The summed E-state index contributed by atoms with van der Waals surface area (Å²) in [5, 5.41) is 2.91. The summed E-state index contributed by atoms with van der Waals surface area (Å²) in [5.41, 5.74) is 1.15. The van der Waals surface area contributed by atoms with Gasteiger partial charge in [0.2, 0.25) is 6.41 Å². The summed E-state index contributed by atoms with van der Waals surface area (Å²) in [6.07, 6.45) is 1.61. The topological polar surface area (TPSA) is 61.9 Å². The molecular formula is C15H21N3O3. The van der Waals surface area contributed by atoms with Crippen molar-refractivity contribution in [2.24, 2.45) is 0 Å². The van der Waals surface area contributed by atoms with Crippen molar-refractivity contribution < 1.29 is 14.3 Å². The highest BCUT2D eigenvalue weighted by atomic mass is 16.5. The third-order valence-corrected chi connectivity index (χ3v) is 3.60. The fourth-order valence-corrected chi connectivity index (χ4v) is 2.25. The first-order valence-electron chi connectivity index (χ1n) is 7.08. The maximum atomic E-state index is 12.0. The molecule has 1 aromatic carbocycles. The fourth-order valence-electron chi connectivity index (χ4n) is 2.25. The van der Waals surface area contributed by atoms with Gasteiger partial charge in [0.05, 0.1) is 7.11 Å². The van der Waals surface area contributed by atoms with Gasteiger partial charge in [-0.2, -0.15) is 0 Å². The number of nitrogens with one attached hydrogen (secondary N) is 1. The number of carbonyl (C=O) groups excluding carboxylic acids is 2. The van der Waals surface area contributed by atoms with E-state index < -0.39 is 0 Å². The number of methoxy groups -OCH3 is 1. The van der Waals surface area contributed by atoms with Crippen LogP contribution in [0.15, 0.2) is 24.3 Å². The van der Waals surface area contributed by atoms with Crippen molar-refractivity contribution in [1.82, 2.24) is 15.1 Å². The van der Waals surface area contributed by atoms with Crippen LogP contribution in [0.25, 0.3) is 0 Å². The van der Waals surface area contributed by atoms with Crippen LogP contribution in [-0.2, 0) is 11.2 Å². The first-order valence-corrected chi connectivity index (χ1v) is 7.08. The van der Waals surface area contributed by atoms with Gasteiger partial charge >= 0.3 is 6.03 Å². The molecule has 0 radical (unpaired) electrons. The SMILES string of the molecule is COc1ccc(CCNC(=O)N2CCN(C=O)CC2)cc1. The molecular weight excluding hydrogens is 270 g/mol. The van der Waals surface area contributed by atoms with Gasteiger partial charge in [0, 0.05) is 32.7 Å². The van der Waals surface area contributed by atoms with Crippen LogP contribution in [0.5, 0.6) is 5.75 Å². The number of urea groups is 1. The van der Waals surface area contributed by atoms with Gasteiger partial charge in [-0.25, -0.2) is 4.79 Å². The van der Waals surface area contributed by atoms with Crippen LogP contribution >= 0.6 is 0 Å². The van der Waals surface area contributed by atoms with Crippen molar-refractivity contribution >= 4 is 12.4 Å². The maximum absolute atomic E-state index is 12.0. The predicted molar refractivity (Wildman–Crippen MR) is 79.3 cm³/mol. The molecule has 1 aliphatic heterocycles. The molecule has 1 N–H and O–H groups in total. The summed E-state index contributed by atoms with van der Waals surface area (Å²) in [4.78, 5) is 26.0. The van der Waals surface area contributed by atoms with E-state index in [9.17, 15) is 9.59 Å². The third-order valence-electron chi connectivity index (χ3n) is 3.60. The number of rotatable bonds is 5. The highest BCUT2D eigenvalue weighted by Crippen LogP contribution is 2.11. The molecule has 1 saturated heterocycles. The highest BCUT2D eigenvalue weighted by molar-refractivity contribution is 5.74. The summed E-state index contributed by atoms with van der Waals surface area (Å²) in [5.74, 6) is 0.829. The van der Waals surface area contributed by atoms with Gasteiger partial charge in [-0.3, -0.25) is 4.79 Å². The molecule has 1 fully saturated rings. The number of carbonyl (C=O) groups is 2. The zero-order chi connectivity index (χ0) is 15.1. The lowest BCUT2D eigenvalue weighted by molar-refractivity contribution is -0.119. The molecule has 0 bridgehead atoms. The van der Waals surface area contributed by atoms with Crippen molar-refractivity contribution in [3.8, 4) is 5.75 Å². The van der Waals surface area contributed by atoms with E-state index in [2.05, 4.69) is 5.32 Å². The Kier molecular flexibility index (Phi) is 5.43. The Hall–Kier alpha value is -2.24. The third kappa shape index (κ3) is 4.37. The lowest BCUT2D eigenvalue weighted by Crippen LogP contribution is -2.51. The minimum absolute atomic E-state index is 0.0611. The Labute approximate surface area is 124 Å². The largest absolute Gasteiger partial charge is 0.497 e. The van der Waals surface area contributed by atoms with Crippen LogP contribution in [0.3, 0.4) is 0 Å². The standard InChI is InChI=1S/C15H21N3O3/c1-21-14-4-2-13(3-5-14)6-7-16-15(20)18-10-8-17(12-19)9-11-18/h2-5,12H,6-11H2,1H3,(H,16,20). The summed E-state index contributed by atoms with van der Waals surface area (Å²) in [7, 11) is 1.64. The molecule has 114 valence electrons. The van der Waals surface area contributed by atoms with Crippen LogP contribution in [0.1, 0.15) is 5.56 Å². The molecule has 0 aliphatic carbocycles. The monoisotopic (exact) mass is 291 g/mol. The Morgan fingerprint density at radius 2 is 1.90 bits per heavy atom. The van der Waals surface area contributed by atoms with E-state index in [0.29, 0.717) is 32.7 Å². The summed E-state index contributed by atoms with van der Waals surface area (Å²) < 4.78 is 5.10. The zero-order valence-corrected chi connectivity index (χ0v) is 12.2. The van der Waals surface area contributed by atoms with Crippen molar-refractivity contribution in [3.63, 3.8) is 0 Å². The minimum Gasteiger partial charge on any atom is -0.497 e. The molecule has 3 amide bonds. The average molecular weight is 291 g/mol. The molecule has 0 atom stereocenters. The van der Waals surface area contributed by atoms with Gasteiger partial charge in [-0.05, 0) is 24.1 Å². The van der Waals surface area contributed by atoms with Crippen molar-refractivity contribution in [3.05, 3.63) is 29.8 Å². The quantitative estimate of drug-likeness (QED) is 0.813. The number of piperazine rings is 1. The number of amides is 3. The molecule has 6 heteroatoms. The predicted octanol–water partition coefficient (Wildman–Crippen LogP) is 0.721. The van der Waals surface area contributed by atoms with Gasteiger partial charge < -0.3 is 19.9 Å². The number of ether oxygens (including phenoxy) is 1. The van der Waals surface area contributed by atoms with Gasteiger partial charge in [-0.1, -0.05) is 12.1 Å². The van der Waals surface area contributed by atoms with Crippen molar-refractivity contribution in [2.45, 2.75) is 6.42 Å². The molecule has 0 aromatic heterocycles. The molecule has 0 spiro atoms. The highest BCUT2D eigenvalue weighted by Gasteiger charge is 2.19. The molecule has 21 heavy (non-hydrogen) atoms. The zero-order valence-electron chi connectivity index (χ0n) is 12.2. The smallest absolute Gasteiger partial charge is 0.317 e. The Bertz CT molecular complexity index is 468. The summed E-state index contributed by atoms with van der Waals surface area (Å²) in [6.45, 7) is 2.99. The number of hydrogen-bond acceptors (Lipinski definition) is 3. The number of nitrogens with zero attached hydrogens (tertiary/aromatic N) is 2. The molecule has 1 heterocycles. The van der Waals surface area contributed by atoms with Gasteiger partial charge in [0.25, 0.3) is 0 Å². The fraction of sp³-hybridized carbons (Fsp3) is 0.467. The van der Waals surface area contributed by atoms with E-state index >= 15 is 0 Å². The molecule has 1 aromatic rings. The van der Waals surface area contributed by atoms with E-state index in [1.165, 1.54) is 0 Å². The Balaban J connectivity index is 1.70. The van der Waals surface area contributed by atoms with Crippen LogP contribution in [0.2, 0.25) is 0 Å². The first kappa shape index (κ1) is 15.2. The van der Waals surface area contributed by atoms with Gasteiger partial charge in [0.15, 0.2) is 0 Å². The Morgan fingerprint density at radius 3 is 2.48 bits per heavy atom. The van der Waals surface area contributed by atoms with Gasteiger partial charge in [0.1, 0.15) is 5.75 Å². The summed E-state index contributed by atoms with van der Waals surface area (Å²) >= 11 is 0. The second-order valence-corrected chi connectivity index (χ2v) is 4.96. The van der Waals surface area contributed by atoms with Crippen molar-refractivity contribution in [1.29, 1.82) is 0 Å². The second-order valence-electron chi connectivity index (χ2n) is 4.96. The molecule has 0 saturated carbocycles. The average Bonchev–Trinajstić information content (AvgIpc) is 2.55. The minimum atomic E-state index is -0.0611. The number of hydrogen-bond donors (Lipinski definition) is 1. The van der Waals surface area contributed by atoms with Crippen molar-refractivity contribution in [2.75, 3.05) is 39.8 Å². The molecule has 0 unspecified atom stereocenters. The second kappa shape index (κ2) is 7.52. The van der Waals surface area contributed by atoms with E-state index in [0.717, 1.165) is 24.1 Å². The van der Waals surface area contributed by atoms with E-state index in [-0.39, 0.29) is 6.03 Å². The molecule has 1 aliphatic rings. The lowest BCUT2D eigenvalue weighted by Gasteiger charge is -2.32. The maximum Gasteiger partial charge on any atom is 0.317 e. The van der Waals surface area contributed by atoms with E-state index in [4.69, 9.17) is 4.74 Å². The van der Waals surface area contributed by atoms with Crippen LogP contribution in [-0.4, -0.2) is 62.1 Å². The van der Waals surface area contributed by atoms with Crippen LogP contribution in [0.4, 0.5) is 4.79 Å². The lowest BCUT2D eigenvalue weighted by atomic mass is 10.1. The Morgan fingerprint density at radius 1 is 1.24 bits per heavy atom. The van der Waals surface area contributed by atoms with E-state index in [1.807, 2.05) is 24.3 Å². The first-order chi connectivity index (χ1) is 10.2. The van der Waals surface area contributed by atoms with Crippen LogP contribution in [0, 0.1) is 0 Å². The summed E-state index contributed by atoms with van der Waals surface area (Å²) in [6, 6.07) is 7.75. The normalized spacial score (nSPS) is 14.7. The van der Waals surface area contributed by atoms with Crippen LogP contribution < -0.4 is 10.1 Å². The number of benzene rings is 1. The van der Waals surface area contributed by atoms with Gasteiger partial charge in [-0.15, -0.1) is 0 Å².